The summed E-state index contributed by atoms with van der Waals surface area (Å²) < 4.78 is 12.2. The maximum Gasteiger partial charge on any atom is 0.127 e. The van der Waals surface area contributed by atoms with E-state index >= 15 is 0 Å². The second kappa shape index (κ2) is 7.64. The Kier molecular flexibility index (Phi) is 5.09. The van der Waals surface area contributed by atoms with E-state index in [4.69, 9.17) is 14.5 Å². The lowest BCUT2D eigenvalue weighted by Crippen LogP contribution is -3.12. The van der Waals surface area contributed by atoms with Crippen LogP contribution in [0.25, 0.3) is 10.2 Å². The van der Waals surface area contributed by atoms with Crippen molar-refractivity contribution in [1.82, 2.24) is 4.98 Å². The topological polar surface area (TPSA) is 35.8 Å². The molecule has 4 nitrogen and oxygen atoms in total. The zero-order valence-corrected chi connectivity index (χ0v) is 16.1. The van der Waals surface area contributed by atoms with E-state index in [0.29, 0.717) is 5.92 Å². The fraction of sp³-hybridized carbons (Fsp3) is 0.381. The maximum atomic E-state index is 5.56. The number of nitrogens with one attached hydrogen (secondary N) is 1. The maximum absolute atomic E-state index is 5.56. The molecule has 2 atom stereocenters. The van der Waals surface area contributed by atoms with Gasteiger partial charge in [-0.25, -0.2) is 4.98 Å². The number of methoxy groups -OCH3 is 2. The van der Waals surface area contributed by atoms with Crippen molar-refractivity contribution in [2.75, 3.05) is 27.3 Å². The summed E-state index contributed by atoms with van der Waals surface area (Å²) in [5, 5.41) is 1.29. The Bertz CT molecular complexity index is 860. The molecule has 0 bridgehead atoms. The standard InChI is InChI=1S/C21H24N2O2S/c1-24-17-9-10-19(25-2)16(12-17)14-23-11-5-6-15(13-23)21-22-18-7-3-4-8-20(18)26-21/h3-4,7-10,12,15H,5-6,11,13-14H2,1-2H3/p+1/t15-/m0/s1. The minimum absolute atomic E-state index is 0.549. The quantitative estimate of drug-likeness (QED) is 0.750. The molecule has 1 fully saturated rings. The van der Waals surface area contributed by atoms with Crippen molar-refractivity contribution in [3.63, 3.8) is 0 Å². The highest BCUT2D eigenvalue weighted by molar-refractivity contribution is 7.18. The van der Waals surface area contributed by atoms with Crippen LogP contribution in [-0.4, -0.2) is 32.3 Å². The van der Waals surface area contributed by atoms with Gasteiger partial charge >= 0.3 is 0 Å². The summed E-state index contributed by atoms with van der Waals surface area (Å²) in [7, 11) is 3.45. The first-order valence-corrected chi connectivity index (χ1v) is 9.98. The Balaban J connectivity index is 1.52. The Morgan fingerprint density at radius 3 is 2.85 bits per heavy atom. The van der Waals surface area contributed by atoms with E-state index in [1.54, 1.807) is 19.1 Å². The van der Waals surface area contributed by atoms with Crippen molar-refractivity contribution in [2.24, 2.45) is 0 Å². The van der Waals surface area contributed by atoms with Crippen LogP contribution in [-0.2, 0) is 6.54 Å². The lowest BCUT2D eigenvalue weighted by atomic mass is 9.98. The van der Waals surface area contributed by atoms with Crippen molar-refractivity contribution in [3.05, 3.63) is 53.0 Å². The number of thiazole rings is 1. The van der Waals surface area contributed by atoms with Crippen LogP contribution in [0.3, 0.4) is 0 Å². The van der Waals surface area contributed by atoms with E-state index < -0.39 is 0 Å². The molecule has 4 rings (SSSR count). The molecule has 2 heterocycles. The summed E-state index contributed by atoms with van der Waals surface area (Å²) >= 11 is 1.86. The van der Waals surface area contributed by atoms with Gasteiger partial charge in [0, 0.05) is 0 Å². The number of rotatable bonds is 5. The fourth-order valence-electron chi connectivity index (χ4n) is 3.88. The van der Waals surface area contributed by atoms with Crippen LogP contribution >= 0.6 is 11.3 Å². The third-order valence-corrected chi connectivity index (χ3v) is 6.40. The summed E-state index contributed by atoms with van der Waals surface area (Å²) in [4.78, 5) is 6.49. The van der Waals surface area contributed by atoms with Crippen molar-refractivity contribution >= 4 is 21.6 Å². The van der Waals surface area contributed by atoms with Crippen LogP contribution in [0, 0.1) is 0 Å². The van der Waals surface area contributed by atoms with Gasteiger partial charge in [-0.2, -0.15) is 0 Å². The number of hydrogen-bond acceptors (Lipinski definition) is 4. The van der Waals surface area contributed by atoms with Crippen LogP contribution < -0.4 is 14.4 Å². The lowest BCUT2D eigenvalue weighted by Gasteiger charge is -2.29. The van der Waals surface area contributed by atoms with E-state index in [2.05, 4.69) is 30.3 Å². The molecule has 0 aliphatic carbocycles. The largest absolute Gasteiger partial charge is 0.497 e. The normalized spacial score (nSPS) is 20.2. The number of benzene rings is 2. The van der Waals surface area contributed by atoms with Gasteiger partial charge in [-0.3, -0.25) is 0 Å². The highest BCUT2D eigenvalue weighted by atomic mass is 32.1. The molecule has 0 amide bonds. The highest BCUT2D eigenvalue weighted by Gasteiger charge is 2.27. The number of nitrogens with zero attached hydrogens (tertiary/aromatic N) is 1. The molecule has 0 saturated carbocycles. The molecule has 0 radical (unpaired) electrons. The summed E-state index contributed by atoms with van der Waals surface area (Å²) in [5.74, 6) is 2.38. The Hall–Kier alpha value is -2.11. The van der Waals surface area contributed by atoms with Crippen molar-refractivity contribution < 1.29 is 14.4 Å². The summed E-state index contributed by atoms with van der Waals surface area (Å²) in [5.41, 5.74) is 2.35. The van der Waals surface area contributed by atoms with Crippen LogP contribution in [0.5, 0.6) is 11.5 Å². The van der Waals surface area contributed by atoms with Gasteiger partial charge < -0.3 is 14.4 Å². The Morgan fingerprint density at radius 2 is 2.04 bits per heavy atom. The average molecular weight is 370 g/mol. The molecule has 5 heteroatoms. The first-order valence-electron chi connectivity index (χ1n) is 9.16. The molecule has 3 aromatic rings. The predicted molar refractivity (Wildman–Crippen MR) is 106 cm³/mol. The number of piperidine rings is 1. The van der Waals surface area contributed by atoms with Gasteiger partial charge in [0.15, 0.2) is 0 Å². The first-order chi connectivity index (χ1) is 12.8. The zero-order chi connectivity index (χ0) is 17.9. The van der Waals surface area contributed by atoms with Crippen LogP contribution in [0.2, 0.25) is 0 Å². The molecule has 1 aliphatic heterocycles. The molecule has 1 saturated heterocycles. The van der Waals surface area contributed by atoms with Gasteiger partial charge in [-0.15, -0.1) is 11.3 Å². The van der Waals surface area contributed by atoms with Crippen LogP contribution in [0.4, 0.5) is 0 Å². The Labute approximate surface area is 158 Å². The number of quaternary nitrogens is 1. The average Bonchev–Trinajstić information content (AvgIpc) is 3.12. The molecule has 2 aromatic carbocycles. The van der Waals surface area contributed by atoms with E-state index in [-0.39, 0.29) is 0 Å². The minimum atomic E-state index is 0.549. The summed E-state index contributed by atoms with van der Waals surface area (Å²) in [6, 6.07) is 14.5. The number of fused-ring (bicyclic) bond motifs is 1. The SMILES string of the molecule is COc1ccc(OC)c(C[NH+]2CCC[C@H](c3nc4ccccc4s3)C2)c1. The lowest BCUT2D eigenvalue weighted by molar-refractivity contribution is -0.920. The van der Waals surface area contributed by atoms with Gasteiger partial charge in [0.1, 0.15) is 23.1 Å². The molecule has 136 valence electrons. The minimum Gasteiger partial charge on any atom is -0.497 e. The summed E-state index contributed by atoms with van der Waals surface area (Å²) in [6.45, 7) is 3.28. The molecule has 1 N–H and O–H groups in total. The Morgan fingerprint density at radius 1 is 1.15 bits per heavy atom. The number of aromatic nitrogens is 1. The summed E-state index contributed by atoms with van der Waals surface area (Å²) in [6.07, 6.45) is 2.47. The zero-order valence-electron chi connectivity index (χ0n) is 15.3. The fourth-order valence-corrected chi connectivity index (χ4v) is 4.98. The molecular weight excluding hydrogens is 344 g/mol. The number of para-hydroxylation sites is 1. The third kappa shape index (κ3) is 3.55. The van der Waals surface area contributed by atoms with Gasteiger partial charge in [-0.05, 0) is 43.2 Å². The van der Waals surface area contributed by atoms with Crippen LogP contribution in [0.1, 0.15) is 29.3 Å². The molecule has 1 unspecified atom stereocenters. The second-order valence-electron chi connectivity index (χ2n) is 6.92. The van der Waals surface area contributed by atoms with Crippen molar-refractivity contribution in [2.45, 2.75) is 25.3 Å². The highest BCUT2D eigenvalue weighted by Crippen LogP contribution is 2.30. The second-order valence-corrected chi connectivity index (χ2v) is 7.98. The first kappa shape index (κ1) is 17.3. The number of ether oxygens (including phenoxy) is 2. The van der Waals surface area contributed by atoms with E-state index in [1.165, 1.54) is 34.7 Å². The molecular formula is C21H25N2O2S+. The van der Waals surface area contributed by atoms with E-state index in [1.807, 2.05) is 23.5 Å². The van der Waals surface area contributed by atoms with Crippen LogP contribution in [0.15, 0.2) is 42.5 Å². The number of hydrogen-bond donors (Lipinski definition) is 1. The van der Waals surface area contributed by atoms with Crippen molar-refractivity contribution in [3.8, 4) is 11.5 Å². The van der Waals surface area contributed by atoms with E-state index in [0.717, 1.165) is 30.1 Å². The van der Waals surface area contributed by atoms with Crippen molar-refractivity contribution in [1.29, 1.82) is 0 Å². The smallest absolute Gasteiger partial charge is 0.127 e. The monoisotopic (exact) mass is 369 g/mol. The predicted octanol–water partition coefficient (Wildman–Crippen LogP) is 3.28. The van der Waals surface area contributed by atoms with Gasteiger partial charge in [0.25, 0.3) is 0 Å². The number of likely N-dealkylation sites (tertiary alicyclic amines) is 1. The molecule has 0 spiro atoms. The molecule has 1 aliphatic rings. The van der Waals surface area contributed by atoms with Gasteiger partial charge in [-0.1, -0.05) is 12.1 Å². The molecule has 1 aromatic heterocycles. The van der Waals surface area contributed by atoms with Gasteiger partial charge in [0.2, 0.25) is 0 Å². The molecule has 26 heavy (non-hydrogen) atoms. The van der Waals surface area contributed by atoms with E-state index in [9.17, 15) is 0 Å². The van der Waals surface area contributed by atoms with Gasteiger partial charge in [0.05, 0.1) is 49.0 Å². The third-order valence-electron chi connectivity index (χ3n) is 5.21.